The van der Waals surface area contributed by atoms with Gasteiger partial charge in [-0.05, 0) is 22.9 Å². The molecule has 4 rings (SSSR count). The molecule has 0 saturated heterocycles. The molecule has 18 heavy (non-hydrogen) atoms. The summed E-state index contributed by atoms with van der Waals surface area (Å²) in [6, 6.07) is 20.9. The van der Waals surface area contributed by atoms with Crippen molar-refractivity contribution in [2.24, 2.45) is 0 Å². The third-order valence-electron chi connectivity index (χ3n) is 3.60. The molecule has 0 atom stereocenters. The van der Waals surface area contributed by atoms with Gasteiger partial charge in [0.15, 0.2) is 0 Å². The number of rotatable bonds is 0. The number of nitrogen functional groups attached to an aromatic ring is 1. The molecule has 1 heterocycles. The number of nitrogens with two attached hydrogens (primary N) is 1. The van der Waals surface area contributed by atoms with Gasteiger partial charge in [-0.25, -0.2) is 0 Å². The maximum absolute atomic E-state index is 6.18. The van der Waals surface area contributed by atoms with Crippen LogP contribution >= 0.6 is 0 Å². The van der Waals surface area contributed by atoms with E-state index in [2.05, 4.69) is 54.6 Å². The highest BCUT2D eigenvalue weighted by molar-refractivity contribution is 6.20. The molecular weight excluding hydrogens is 220 g/mol. The van der Waals surface area contributed by atoms with E-state index in [4.69, 9.17) is 5.84 Å². The van der Waals surface area contributed by atoms with E-state index in [1.807, 2.05) is 6.07 Å². The highest BCUT2D eigenvalue weighted by Gasteiger charge is 2.10. The van der Waals surface area contributed by atoms with Crippen molar-refractivity contribution >= 4 is 32.6 Å². The lowest BCUT2D eigenvalue weighted by molar-refractivity contribution is 1.12. The molecule has 1 aromatic heterocycles. The second kappa shape index (κ2) is 3.26. The smallest absolute Gasteiger partial charge is 0.0710 e. The maximum Gasteiger partial charge on any atom is 0.0710 e. The van der Waals surface area contributed by atoms with Crippen LogP contribution in [-0.2, 0) is 0 Å². The van der Waals surface area contributed by atoms with Crippen LogP contribution in [0.25, 0.3) is 32.6 Å². The van der Waals surface area contributed by atoms with Gasteiger partial charge in [0.1, 0.15) is 0 Å². The molecule has 0 aliphatic heterocycles. The van der Waals surface area contributed by atoms with E-state index in [0.717, 1.165) is 11.0 Å². The highest BCUT2D eigenvalue weighted by atomic mass is 15.3. The molecule has 2 nitrogen and oxygen atoms in total. The Labute approximate surface area is 104 Å². The second-order valence-electron chi connectivity index (χ2n) is 4.57. The molecule has 3 aromatic carbocycles. The first kappa shape index (κ1) is 9.54. The van der Waals surface area contributed by atoms with E-state index >= 15 is 0 Å². The molecule has 0 unspecified atom stereocenters. The zero-order valence-corrected chi connectivity index (χ0v) is 9.80. The Hall–Kier alpha value is -2.48. The van der Waals surface area contributed by atoms with Gasteiger partial charge in [0.25, 0.3) is 0 Å². The molecule has 0 saturated carbocycles. The van der Waals surface area contributed by atoms with Crippen LogP contribution in [0.1, 0.15) is 0 Å². The van der Waals surface area contributed by atoms with E-state index in [-0.39, 0.29) is 0 Å². The van der Waals surface area contributed by atoms with E-state index < -0.39 is 0 Å². The molecule has 2 N–H and O–H groups in total. The summed E-state index contributed by atoms with van der Waals surface area (Å²) in [6.07, 6.45) is 0. The Morgan fingerprint density at radius 3 is 2.28 bits per heavy atom. The summed E-state index contributed by atoms with van der Waals surface area (Å²) in [5.74, 6) is 6.18. The molecule has 0 radical (unpaired) electrons. The Kier molecular flexibility index (Phi) is 1.73. The van der Waals surface area contributed by atoms with Gasteiger partial charge in [0.05, 0.1) is 11.0 Å². The van der Waals surface area contributed by atoms with Gasteiger partial charge in [-0.15, -0.1) is 0 Å². The summed E-state index contributed by atoms with van der Waals surface area (Å²) in [5, 5.41) is 4.97. The van der Waals surface area contributed by atoms with Gasteiger partial charge in [-0.1, -0.05) is 48.5 Å². The third-order valence-corrected chi connectivity index (χ3v) is 3.60. The van der Waals surface area contributed by atoms with Crippen molar-refractivity contribution in [2.75, 3.05) is 5.84 Å². The van der Waals surface area contributed by atoms with Crippen LogP contribution in [0.4, 0.5) is 0 Å². The summed E-state index contributed by atoms with van der Waals surface area (Å²) in [4.78, 5) is 0. The maximum atomic E-state index is 6.18. The van der Waals surface area contributed by atoms with E-state index in [9.17, 15) is 0 Å². The number of fused-ring (bicyclic) bond motifs is 5. The van der Waals surface area contributed by atoms with Crippen LogP contribution in [0.2, 0.25) is 0 Å². The first-order valence-electron chi connectivity index (χ1n) is 6.02. The fourth-order valence-corrected chi connectivity index (χ4v) is 2.77. The second-order valence-corrected chi connectivity index (χ2v) is 4.57. The topological polar surface area (TPSA) is 30.9 Å². The van der Waals surface area contributed by atoms with Crippen LogP contribution in [0.3, 0.4) is 0 Å². The van der Waals surface area contributed by atoms with Gasteiger partial charge in [0, 0.05) is 10.8 Å². The lowest BCUT2D eigenvalue weighted by Crippen LogP contribution is -2.06. The summed E-state index contributed by atoms with van der Waals surface area (Å²) in [6.45, 7) is 0. The average molecular weight is 232 g/mol. The molecule has 0 fully saturated rings. The predicted molar refractivity (Wildman–Crippen MR) is 77.1 cm³/mol. The Morgan fingerprint density at radius 1 is 0.667 bits per heavy atom. The normalized spacial score (nSPS) is 11.6. The van der Waals surface area contributed by atoms with Gasteiger partial charge >= 0.3 is 0 Å². The zero-order valence-electron chi connectivity index (χ0n) is 9.80. The number of para-hydroxylation sites is 1. The molecule has 0 aliphatic rings. The minimum Gasteiger partial charge on any atom is -0.339 e. The lowest BCUT2D eigenvalue weighted by atomic mass is 10.0. The number of nitrogens with zero attached hydrogens (tertiary/aromatic N) is 1. The van der Waals surface area contributed by atoms with Gasteiger partial charge in [-0.2, -0.15) is 0 Å². The molecule has 0 bridgehead atoms. The van der Waals surface area contributed by atoms with E-state index in [1.54, 1.807) is 4.68 Å². The first-order valence-corrected chi connectivity index (χ1v) is 6.02. The number of aromatic nitrogens is 1. The molecule has 0 amide bonds. The van der Waals surface area contributed by atoms with Crippen molar-refractivity contribution < 1.29 is 0 Å². The fraction of sp³-hybridized carbons (Fsp3) is 0. The summed E-state index contributed by atoms with van der Waals surface area (Å²) in [5.41, 5.74) is 2.15. The van der Waals surface area contributed by atoms with Crippen molar-refractivity contribution in [1.29, 1.82) is 0 Å². The molecule has 4 aromatic rings. The Balaban J connectivity index is 2.41. The van der Waals surface area contributed by atoms with Crippen molar-refractivity contribution in [1.82, 2.24) is 4.68 Å². The Bertz CT molecular complexity index is 887. The molecular formula is C16H12N2. The summed E-state index contributed by atoms with van der Waals surface area (Å²) >= 11 is 0. The standard InChI is InChI=1S/C16H12N2/c17-18-14-8-4-3-7-13(14)16-12-6-2-1-5-11(12)9-10-15(16)18/h1-10H,17H2. The van der Waals surface area contributed by atoms with E-state index in [1.165, 1.54) is 21.5 Å². The predicted octanol–water partition coefficient (Wildman–Crippen LogP) is 3.66. The van der Waals surface area contributed by atoms with Crippen molar-refractivity contribution in [3.8, 4) is 0 Å². The summed E-state index contributed by atoms with van der Waals surface area (Å²) < 4.78 is 1.77. The fourth-order valence-electron chi connectivity index (χ4n) is 2.77. The number of hydrogen-bond donors (Lipinski definition) is 1. The van der Waals surface area contributed by atoms with Crippen molar-refractivity contribution in [3.63, 3.8) is 0 Å². The minimum absolute atomic E-state index is 1.07. The van der Waals surface area contributed by atoms with Crippen molar-refractivity contribution in [2.45, 2.75) is 0 Å². The molecule has 0 aliphatic carbocycles. The van der Waals surface area contributed by atoms with Crippen LogP contribution in [0, 0.1) is 0 Å². The van der Waals surface area contributed by atoms with Crippen LogP contribution < -0.4 is 5.84 Å². The van der Waals surface area contributed by atoms with Gasteiger partial charge in [0.2, 0.25) is 0 Å². The Morgan fingerprint density at radius 2 is 1.39 bits per heavy atom. The lowest BCUT2D eigenvalue weighted by Gasteiger charge is -2.01. The van der Waals surface area contributed by atoms with Gasteiger partial charge in [-0.3, -0.25) is 4.68 Å². The first-order chi connectivity index (χ1) is 8.86. The average Bonchev–Trinajstić information content (AvgIpc) is 2.73. The SMILES string of the molecule is Nn1c2ccccc2c2c3ccccc3ccc21. The van der Waals surface area contributed by atoms with Crippen molar-refractivity contribution in [3.05, 3.63) is 60.7 Å². The molecule has 86 valence electrons. The molecule has 2 heteroatoms. The van der Waals surface area contributed by atoms with Crippen LogP contribution in [-0.4, -0.2) is 4.68 Å². The molecule has 0 spiro atoms. The zero-order chi connectivity index (χ0) is 12.1. The van der Waals surface area contributed by atoms with E-state index in [0.29, 0.717) is 0 Å². The quantitative estimate of drug-likeness (QED) is 0.461. The van der Waals surface area contributed by atoms with Crippen LogP contribution in [0.5, 0.6) is 0 Å². The third kappa shape index (κ3) is 1.07. The summed E-state index contributed by atoms with van der Waals surface area (Å²) in [7, 11) is 0. The minimum atomic E-state index is 1.07. The number of hydrogen-bond acceptors (Lipinski definition) is 1. The highest BCUT2D eigenvalue weighted by Crippen LogP contribution is 2.33. The van der Waals surface area contributed by atoms with Gasteiger partial charge < -0.3 is 5.84 Å². The monoisotopic (exact) mass is 232 g/mol. The van der Waals surface area contributed by atoms with Crippen LogP contribution in [0.15, 0.2) is 60.7 Å². The number of benzene rings is 3. The largest absolute Gasteiger partial charge is 0.339 e.